The van der Waals surface area contributed by atoms with Gasteiger partial charge >= 0.3 is 0 Å². The van der Waals surface area contributed by atoms with Crippen molar-refractivity contribution < 1.29 is 14.3 Å². The van der Waals surface area contributed by atoms with Gasteiger partial charge < -0.3 is 19.5 Å². The number of imidazole rings is 1. The van der Waals surface area contributed by atoms with Crippen molar-refractivity contribution in [3.8, 4) is 11.1 Å². The molecule has 7 nitrogen and oxygen atoms in total. The molecule has 1 aliphatic carbocycles. The van der Waals surface area contributed by atoms with Gasteiger partial charge in [-0.25, -0.2) is 4.98 Å². The van der Waals surface area contributed by atoms with Crippen molar-refractivity contribution in [1.82, 2.24) is 14.9 Å². The SMILES string of the molecule is Cn1cnc(CNC(=O)c2cccc(-c3c(N4CCOCC4)sc4c3CC(C)(C)CC4=O)c2)c1. The second kappa shape index (κ2) is 9.00. The molecule has 0 spiro atoms. The molecule has 1 amide bonds. The van der Waals surface area contributed by atoms with E-state index in [1.54, 1.807) is 17.7 Å². The topological polar surface area (TPSA) is 76.5 Å². The highest BCUT2D eigenvalue weighted by molar-refractivity contribution is 7.19. The highest BCUT2D eigenvalue weighted by Crippen LogP contribution is 2.49. The maximum atomic E-state index is 13.1. The minimum absolute atomic E-state index is 0.0835. The average molecular weight is 479 g/mol. The van der Waals surface area contributed by atoms with E-state index in [1.807, 2.05) is 42.1 Å². The van der Waals surface area contributed by atoms with Gasteiger partial charge in [0.05, 0.1) is 41.7 Å². The maximum Gasteiger partial charge on any atom is 0.251 e. The lowest BCUT2D eigenvalue weighted by atomic mass is 9.75. The lowest BCUT2D eigenvalue weighted by Gasteiger charge is -2.30. The normalized spacial score (nSPS) is 17.5. The fraction of sp³-hybridized carbons (Fsp3) is 0.423. The summed E-state index contributed by atoms with van der Waals surface area (Å²) in [6, 6.07) is 7.76. The average Bonchev–Trinajstić information content (AvgIpc) is 3.41. The molecule has 1 saturated heterocycles. The third-order valence-corrected chi connectivity index (χ3v) is 7.77. The van der Waals surface area contributed by atoms with Crippen molar-refractivity contribution in [2.75, 3.05) is 31.2 Å². The molecule has 178 valence electrons. The minimum Gasteiger partial charge on any atom is -0.378 e. The minimum atomic E-state index is -0.138. The van der Waals surface area contributed by atoms with Crippen LogP contribution in [0.4, 0.5) is 5.00 Å². The van der Waals surface area contributed by atoms with Gasteiger partial charge in [-0.05, 0) is 35.1 Å². The number of carbonyl (C=O) groups excluding carboxylic acids is 2. The molecule has 3 heterocycles. The van der Waals surface area contributed by atoms with E-state index in [9.17, 15) is 9.59 Å². The van der Waals surface area contributed by atoms with Crippen LogP contribution in [0.2, 0.25) is 0 Å². The van der Waals surface area contributed by atoms with Crippen LogP contribution in [0.15, 0.2) is 36.8 Å². The molecule has 1 N–H and O–H groups in total. The van der Waals surface area contributed by atoms with Crippen LogP contribution in [0.1, 0.15) is 51.6 Å². The molecule has 0 saturated carbocycles. The Morgan fingerprint density at radius 1 is 1.24 bits per heavy atom. The number of aromatic nitrogens is 2. The van der Waals surface area contributed by atoms with Gasteiger partial charge in [-0.15, -0.1) is 11.3 Å². The lowest BCUT2D eigenvalue weighted by molar-refractivity contribution is 0.0915. The lowest BCUT2D eigenvalue weighted by Crippen LogP contribution is -2.36. The molecule has 0 atom stereocenters. The summed E-state index contributed by atoms with van der Waals surface area (Å²) in [4.78, 5) is 33.5. The van der Waals surface area contributed by atoms with E-state index >= 15 is 0 Å². The molecule has 2 aliphatic rings. The van der Waals surface area contributed by atoms with Crippen LogP contribution in [0.25, 0.3) is 11.1 Å². The largest absolute Gasteiger partial charge is 0.378 e. The quantitative estimate of drug-likeness (QED) is 0.598. The van der Waals surface area contributed by atoms with Gasteiger partial charge in [0.25, 0.3) is 5.91 Å². The number of ketones is 1. The summed E-state index contributed by atoms with van der Waals surface area (Å²) in [5, 5.41) is 4.08. The summed E-state index contributed by atoms with van der Waals surface area (Å²) in [5.74, 6) is 0.0854. The maximum absolute atomic E-state index is 13.1. The van der Waals surface area contributed by atoms with Crippen LogP contribution in [-0.4, -0.2) is 47.5 Å². The summed E-state index contributed by atoms with van der Waals surface area (Å²) in [7, 11) is 1.90. The Kier molecular flexibility index (Phi) is 6.04. The van der Waals surface area contributed by atoms with Gasteiger partial charge in [0.2, 0.25) is 0 Å². The Morgan fingerprint density at radius 2 is 2.03 bits per heavy atom. The van der Waals surface area contributed by atoms with Crippen LogP contribution in [0, 0.1) is 5.41 Å². The first-order valence-electron chi connectivity index (χ1n) is 11.7. The zero-order valence-electron chi connectivity index (χ0n) is 19.9. The van der Waals surface area contributed by atoms with Crippen LogP contribution >= 0.6 is 11.3 Å². The second-order valence-electron chi connectivity index (χ2n) is 9.92. The fourth-order valence-corrected chi connectivity index (χ4v) is 6.17. The van der Waals surface area contributed by atoms with Crippen molar-refractivity contribution in [1.29, 1.82) is 0 Å². The number of morpholine rings is 1. The summed E-state index contributed by atoms with van der Waals surface area (Å²) in [5.41, 5.74) is 4.54. The third-order valence-electron chi connectivity index (χ3n) is 6.44. The standard InChI is InChI=1S/C26H30N4O3S/c1-26(2)12-20-22(25(30-7-9-33-10-8-30)34-23(20)21(31)13-26)17-5-4-6-18(11-17)24(32)27-14-19-15-29(3)16-28-19/h4-6,11,15-16H,7-10,12-14H2,1-3H3,(H,27,32). The molecule has 3 aromatic rings. The van der Waals surface area contributed by atoms with Gasteiger partial charge in [0.1, 0.15) is 0 Å². The number of benzene rings is 1. The summed E-state index contributed by atoms with van der Waals surface area (Å²) < 4.78 is 7.43. The number of rotatable bonds is 5. The van der Waals surface area contributed by atoms with E-state index in [4.69, 9.17) is 4.74 Å². The van der Waals surface area contributed by atoms with Crippen molar-refractivity contribution >= 4 is 28.0 Å². The van der Waals surface area contributed by atoms with E-state index in [0.717, 1.165) is 51.8 Å². The number of Topliss-reactive ketones (excluding diaryl/α,β-unsaturated/α-hetero) is 1. The van der Waals surface area contributed by atoms with E-state index < -0.39 is 0 Å². The smallest absolute Gasteiger partial charge is 0.251 e. The van der Waals surface area contributed by atoms with E-state index in [0.29, 0.717) is 31.7 Å². The molecule has 0 bridgehead atoms. The van der Waals surface area contributed by atoms with Crippen LogP contribution in [0.5, 0.6) is 0 Å². The fourth-order valence-electron chi connectivity index (χ4n) is 4.84. The Labute approximate surface area is 203 Å². The Balaban J connectivity index is 1.51. The number of nitrogens with one attached hydrogen (secondary N) is 1. The monoisotopic (exact) mass is 478 g/mol. The van der Waals surface area contributed by atoms with Crippen molar-refractivity contribution in [2.24, 2.45) is 12.5 Å². The Morgan fingerprint density at radius 3 is 2.76 bits per heavy atom. The van der Waals surface area contributed by atoms with Gasteiger partial charge in [-0.2, -0.15) is 0 Å². The van der Waals surface area contributed by atoms with Crippen LogP contribution in [-0.2, 0) is 24.8 Å². The number of nitrogens with zero attached hydrogens (tertiary/aromatic N) is 3. The molecule has 1 aliphatic heterocycles. The molecule has 0 unspecified atom stereocenters. The van der Waals surface area contributed by atoms with Crippen molar-refractivity contribution in [3.05, 3.63) is 58.5 Å². The van der Waals surface area contributed by atoms with E-state index in [1.165, 1.54) is 0 Å². The second-order valence-corrected chi connectivity index (χ2v) is 10.9. The number of thiophene rings is 1. The first kappa shape index (κ1) is 22.8. The first-order chi connectivity index (χ1) is 16.3. The van der Waals surface area contributed by atoms with Crippen LogP contribution in [0.3, 0.4) is 0 Å². The highest BCUT2D eigenvalue weighted by atomic mass is 32.1. The molecule has 2 aromatic heterocycles. The number of fused-ring (bicyclic) bond motifs is 1. The third kappa shape index (κ3) is 4.52. The van der Waals surface area contributed by atoms with Crippen LogP contribution < -0.4 is 10.2 Å². The Hall–Kier alpha value is -2.97. The number of amides is 1. The van der Waals surface area contributed by atoms with Crippen molar-refractivity contribution in [2.45, 2.75) is 33.2 Å². The number of carbonyl (C=O) groups is 2. The number of hydrogen-bond donors (Lipinski definition) is 1. The van der Waals surface area contributed by atoms with Crippen molar-refractivity contribution in [3.63, 3.8) is 0 Å². The predicted molar refractivity (Wildman–Crippen MR) is 134 cm³/mol. The molecular weight excluding hydrogens is 448 g/mol. The number of anilines is 1. The zero-order chi connectivity index (χ0) is 23.9. The molecule has 0 radical (unpaired) electrons. The van der Waals surface area contributed by atoms with E-state index in [-0.39, 0.29) is 17.1 Å². The Bertz CT molecular complexity index is 1240. The van der Waals surface area contributed by atoms with Gasteiger partial charge in [-0.1, -0.05) is 26.0 Å². The zero-order valence-corrected chi connectivity index (χ0v) is 20.7. The van der Waals surface area contributed by atoms with Gasteiger partial charge in [0.15, 0.2) is 5.78 Å². The summed E-state index contributed by atoms with van der Waals surface area (Å²) >= 11 is 1.61. The summed E-state index contributed by atoms with van der Waals surface area (Å²) in [6.07, 6.45) is 5.03. The van der Waals surface area contributed by atoms with Gasteiger partial charge in [-0.3, -0.25) is 9.59 Å². The number of ether oxygens (including phenoxy) is 1. The summed E-state index contributed by atoms with van der Waals surface area (Å²) in [6.45, 7) is 7.65. The predicted octanol–water partition coefficient (Wildman–Crippen LogP) is 4.07. The number of aryl methyl sites for hydroxylation is 1. The first-order valence-corrected chi connectivity index (χ1v) is 12.5. The molecule has 1 fully saturated rings. The molecule has 5 rings (SSSR count). The molecule has 1 aromatic carbocycles. The molecule has 8 heteroatoms. The number of hydrogen-bond acceptors (Lipinski definition) is 6. The highest BCUT2D eigenvalue weighted by Gasteiger charge is 2.37. The van der Waals surface area contributed by atoms with E-state index in [2.05, 4.69) is 29.0 Å². The van der Waals surface area contributed by atoms with Gasteiger partial charge in [0, 0.05) is 43.9 Å². The molecular formula is C26H30N4O3S. The molecule has 34 heavy (non-hydrogen) atoms.